The molecule has 6 N–H and O–H groups in total. The van der Waals surface area contributed by atoms with Crippen molar-refractivity contribution < 1.29 is 85.7 Å². The molecule has 2 saturated carbocycles. The van der Waals surface area contributed by atoms with Gasteiger partial charge in [-0.25, -0.2) is 0 Å². The van der Waals surface area contributed by atoms with Gasteiger partial charge in [0.25, 0.3) is 0 Å². The lowest BCUT2D eigenvalue weighted by Crippen LogP contribution is -2.63. The maximum atomic E-state index is 15.6. The zero-order valence-corrected chi connectivity index (χ0v) is 66.1. The molecule has 4 rings (SSSR count). The summed E-state index contributed by atoms with van der Waals surface area (Å²) in [7, 11) is 9.41. The Morgan fingerprint density at radius 2 is 0.952 bits per heavy atom. The van der Waals surface area contributed by atoms with E-state index in [1.807, 2.05) is 41.5 Å². The van der Waals surface area contributed by atoms with Crippen molar-refractivity contribution in [3.05, 3.63) is 0 Å². The third kappa shape index (κ3) is 26.3. The van der Waals surface area contributed by atoms with Gasteiger partial charge < -0.3 is 75.4 Å². The number of likely N-dealkylation sites (tertiary alicyclic amines) is 1. The fraction of sp³-hybridized carbons (Fsp3) is 0.840. The number of carbonyl (C=O) groups is 12. The fourth-order valence-corrected chi connectivity index (χ4v) is 15.1. The maximum Gasteiger partial charge on any atom is 0.416 e. The Morgan fingerprint density at radius 1 is 0.495 bits per heavy atom. The summed E-state index contributed by atoms with van der Waals surface area (Å²) in [5, 5.41) is 32.5. The Morgan fingerprint density at radius 3 is 1.46 bits per heavy atom. The second-order valence-electron chi connectivity index (χ2n) is 32.0. The van der Waals surface area contributed by atoms with Crippen LogP contribution in [0, 0.1) is 41.4 Å². The molecule has 4 fully saturated rings. The molecule has 1 unspecified atom stereocenters. The van der Waals surface area contributed by atoms with Gasteiger partial charge in [0.05, 0.1) is 32.3 Å². The summed E-state index contributed by atoms with van der Waals surface area (Å²) >= 11 is 0. The van der Waals surface area contributed by atoms with E-state index in [4.69, 9.17) is 4.74 Å². The van der Waals surface area contributed by atoms with E-state index in [9.17, 15) is 47.4 Å². The highest BCUT2D eigenvalue weighted by molar-refractivity contribution is 6.00. The van der Waals surface area contributed by atoms with Crippen LogP contribution in [0.2, 0.25) is 0 Å². The van der Waals surface area contributed by atoms with Crippen molar-refractivity contribution >= 4 is 70.9 Å². The summed E-state index contributed by atoms with van der Waals surface area (Å²) in [6, 6.07) is -14.5. The minimum absolute atomic E-state index is 0.0232. The Bertz CT molecular complexity index is 2900. The number of hydrogen-bond acceptors (Lipinski definition) is 15. The molecule has 30 heteroatoms. The van der Waals surface area contributed by atoms with Crippen molar-refractivity contribution in [1.29, 1.82) is 0 Å². The van der Waals surface area contributed by atoms with Gasteiger partial charge in [-0.05, 0) is 99.7 Å². The van der Waals surface area contributed by atoms with Gasteiger partial charge in [-0.3, -0.25) is 57.5 Å². The lowest BCUT2D eigenvalue weighted by Gasteiger charge is -2.40. The second-order valence-corrected chi connectivity index (χ2v) is 32.0. The Labute approximate surface area is 621 Å². The van der Waals surface area contributed by atoms with Crippen LogP contribution < -0.4 is 21.3 Å². The average molecular weight is 1500 g/mol. The molecule has 12 amide bonds. The Hall–Kier alpha value is -6.69. The third-order valence-electron chi connectivity index (χ3n) is 21.7. The molecule has 2 aliphatic heterocycles. The van der Waals surface area contributed by atoms with Crippen LogP contribution in [-0.4, -0.2) is 281 Å². The lowest BCUT2D eigenvalue weighted by atomic mass is 9.83. The molecule has 0 aromatic heterocycles. The van der Waals surface area contributed by atoms with Crippen molar-refractivity contribution in [2.24, 2.45) is 41.4 Å². The van der Waals surface area contributed by atoms with Gasteiger partial charge in [-0.15, -0.1) is 0 Å². The monoisotopic (exact) mass is 1490 g/mol. The number of ether oxygens (including phenoxy) is 1. The van der Waals surface area contributed by atoms with Crippen LogP contribution in [0.5, 0.6) is 0 Å². The molecule has 2 aliphatic carbocycles. The summed E-state index contributed by atoms with van der Waals surface area (Å²) in [6.45, 7) is 16.6. The molecule has 2 saturated heterocycles. The van der Waals surface area contributed by atoms with Crippen LogP contribution in [-0.2, 0) is 62.3 Å². The van der Waals surface area contributed by atoms with Crippen molar-refractivity contribution in [2.45, 2.75) is 283 Å². The van der Waals surface area contributed by atoms with E-state index in [0.29, 0.717) is 51.6 Å². The van der Waals surface area contributed by atoms with Crippen LogP contribution in [0.1, 0.15) is 205 Å². The van der Waals surface area contributed by atoms with Gasteiger partial charge in [0, 0.05) is 62.4 Å². The first kappa shape index (κ1) is 90.7. The topological polar surface area (TPSA) is 329 Å². The Balaban J connectivity index is 2.02. The molecular weight excluding hydrogens is 1370 g/mol. The van der Waals surface area contributed by atoms with Gasteiger partial charge in [0.15, 0.2) is 6.10 Å². The number of piperidine rings is 1. The third-order valence-corrected chi connectivity index (χ3v) is 21.7. The van der Waals surface area contributed by atoms with Crippen LogP contribution in [0.15, 0.2) is 0 Å². The molecule has 0 aromatic rings. The number of amides is 12. The molecular formula is C75H129F3N12O15. The molecule has 0 spiro atoms. The second kappa shape index (κ2) is 42.2. The molecule has 0 aromatic carbocycles. The van der Waals surface area contributed by atoms with Crippen LogP contribution >= 0.6 is 0 Å². The number of aliphatic hydroxyl groups excluding tert-OH is 2. The number of halogens is 3. The predicted octanol–water partition coefficient (Wildman–Crippen LogP) is 4.86. The first-order valence-electron chi connectivity index (χ1n) is 38.4. The fourth-order valence-electron chi connectivity index (χ4n) is 15.1. The average Bonchev–Trinajstić information content (AvgIpc) is 0.799. The standard InChI is InChI=1S/C75H129F3N12O15/c1-19-48(10)64-68(98)82-62(49(11)91)74(104)83(12)41-61(94)84(13)55(36-45(4)5)65(95)79-53(71(101)90-33-27-22-28-34-90)40-60(93)88(17)63(47(8)9)67(97)80-52(35-44(2)3)69(99)86(15)57(37-46(6)7)72(102)85(14)56(38-50-29-23-20-24-30-50)66(96)81-54(42-105-43-59(92)75(76,77)78)70(100)87(16)58(73(103)89(64)18)39-51-31-25-21-26-32-51/h44-59,62-64,91-92H,19-43H2,1-18H3,(H,79,95)(H,80,97)(H,81,96)(H,82,98)/t48-,49+,52-,53-,54-,55-,56-,57-,58-,59?,62-,63-,64-/m0/s1. The zero-order valence-electron chi connectivity index (χ0n) is 66.1. The van der Waals surface area contributed by atoms with E-state index in [-0.39, 0.29) is 68.1 Å². The van der Waals surface area contributed by atoms with Crippen LogP contribution in [0.4, 0.5) is 13.2 Å². The number of hydrogen-bond donors (Lipinski definition) is 6. The van der Waals surface area contributed by atoms with Crippen LogP contribution in [0.3, 0.4) is 0 Å². The minimum Gasteiger partial charge on any atom is -0.391 e. The van der Waals surface area contributed by atoms with Crippen molar-refractivity contribution in [3.8, 4) is 0 Å². The first-order valence-corrected chi connectivity index (χ1v) is 38.4. The molecule has 0 bridgehead atoms. The molecule has 600 valence electrons. The number of alkyl halides is 3. The van der Waals surface area contributed by atoms with E-state index >= 15 is 33.6 Å². The zero-order chi connectivity index (χ0) is 79.2. The normalized spacial score (nSPS) is 27.4. The van der Waals surface area contributed by atoms with E-state index in [1.165, 1.54) is 66.1 Å². The van der Waals surface area contributed by atoms with Gasteiger partial charge in [0.2, 0.25) is 70.9 Å². The quantitative estimate of drug-likeness (QED) is 0.101. The lowest BCUT2D eigenvalue weighted by molar-refractivity contribution is -0.217. The number of nitrogens with one attached hydrogen (secondary N) is 4. The number of likely N-dealkylation sites (N-methyl/N-ethyl adjacent to an activating group) is 7. The first-order chi connectivity index (χ1) is 49.0. The summed E-state index contributed by atoms with van der Waals surface area (Å²) in [5.74, 6) is -11.9. The van der Waals surface area contributed by atoms with Crippen molar-refractivity contribution in [3.63, 3.8) is 0 Å². The van der Waals surface area contributed by atoms with E-state index < -0.39 is 188 Å². The highest BCUT2D eigenvalue weighted by Crippen LogP contribution is 2.33. The van der Waals surface area contributed by atoms with Gasteiger partial charge in [0.1, 0.15) is 60.4 Å². The molecule has 0 radical (unpaired) electrons. The van der Waals surface area contributed by atoms with E-state index in [1.54, 1.807) is 32.6 Å². The van der Waals surface area contributed by atoms with Gasteiger partial charge >= 0.3 is 6.18 Å². The largest absolute Gasteiger partial charge is 0.416 e. The molecule has 2 heterocycles. The predicted molar refractivity (Wildman–Crippen MR) is 389 cm³/mol. The highest BCUT2D eigenvalue weighted by Gasteiger charge is 2.47. The minimum atomic E-state index is -5.15. The van der Waals surface area contributed by atoms with Crippen molar-refractivity contribution in [2.75, 3.05) is 82.2 Å². The number of aliphatic hydroxyl groups is 2. The number of carbonyl (C=O) groups excluding carboxylic acids is 12. The molecule has 4 aliphatic rings. The SMILES string of the molecule is CC[C@H](C)[C@H]1C(=O)N[C@@H]([C@@H](C)O)C(=O)N(C)CC(=O)N(C)[C@@H](CC(C)C)C(=O)N[C@H](C(=O)N2CCCCC2)CC(=O)N(C)[C@@H](C(C)C)C(=O)N[C@@H](CC(C)C)C(=O)N(C)[C@@H](CC(C)C)C(=O)N(C)[C@@H](CC2CCCCC2)C(=O)N[C@@H](COCC(O)C(F)(F)F)C(=O)N(C)[C@@H](CC2CCCCC2)C(=O)N1C. The smallest absolute Gasteiger partial charge is 0.391 e. The number of nitrogens with zero attached hydrogens (tertiary/aromatic N) is 8. The van der Waals surface area contributed by atoms with E-state index in [2.05, 4.69) is 21.3 Å². The maximum absolute atomic E-state index is 15.6. The summed E-state index contributed by atoms with van der Waals surface area (Å²) in [4.78, 5) is 191. The van der Waals surface area contributed by atoms with Crippen molar-refractivity contribution in [1.82, 2.24) is 60.5 Å². The van der Waals surface area contributed by atoms with Gasteiger partial charge in [-0.2, -0.15) is 13.2 Å². The summed E-state index contributed by atoms with van der Waals surface area (Å²) in [6.07, 6.45) is -0.209. The molecule has 105 heavy (non-hydrogen) atoms. The Kier molecular flexibility index (Phi) is 36.4. The molecule has 27 nitrogen and oxygen atoms in total. The summed E-state index contributed by atoms with van der Waals surface area (Å²) in [5.41, 5.74) is 0. The van der Waals surface area contributed by atoms with Gasteiger partial charge in [-0.1, -0.05) is 140 Å². The van der Waals surface area contributed by atoms with Crippen LogP contribution in [0.25, 0.3) is 0 Å². The summed E-state index contributed by atoms with van der Waals surface area (Å²) < 4.78 is 47.2. The molecule has 13 atom stereocenters. The van der Waals surface area contributed by atoms with E-state index in [0.717, 1.165) is 69.4 Å². The highest BCUT2D eigenvalue weighted by atomic mass is 19.4. The number of rotatable bonds is 19.